The third kappa shape index (κ3) is 14.3. The molecule has 0 heterocycles. The molecule has 0 unspecified atom stereocenters. The predicted octanol–water partition coefficient (Wildman–Crippen LogP) is -0.0293. The Kier molecular flexibility index (Phi) is 13.3. The standard InChI is InChI=1S/C12H30N4.Cu/c1-13(2)7-10-16(11-8-14(3)4)12-9-15(5)6;/h7-12H2,1-6H3;/q;+2. The van der Waals surface area contributed by atoms with Crippen molar-refractivity contribution in [3.8, 4) is 0 Å². The van der Waals surface area contributed by atoms with Crippen molar-refractivity contribution < 1.29 is 17.1 Å². The average Bonchev–Trinajstić information content (AvgIpc) is 2.15. The summed E-state index contributed by atoms with van der Waals surface area (Å²) in [6.45, 7) is 6.90. The van der Waals surface area contributed by atoms with Gasteiger partial charge in [0.1, 0.15) is 0 Å². The number of likely N-dealkylation sites (N-methyl/N-ethyl adjacent to an activating group) is 3. The summed E-state index contributed by atoms with van der Waals surface area (Å²) in [5, 5.41) is 0. The first kappa shape index (κ1) is 19.7. The molecule has 0 aliphatic rings. The van der Waals surface area contributed by atoms with Crippen molar-refractivity contribution in [1.82, 2.24) is 19.6 Å². The fourth-order valence-corrected chi connectivity index (χ4v) is 1.36. The SMILES string of the molecule is CN(C)CCN(CCN(C)C)CCN(C)C.[Cu+2]. The van der Waals surface area contributed by atoms with Gasteiger partial charge >= 0.3 is 17.1 Å². The van der Waals surface area contributed by atoms with Gasteiger partial charge in [0.25, 0.3) is 0 Å². The van der Waals surface area contributed by atoms with Gasteiger partial charge in [0.2, 0.25) is 0 Å². The summed E-state index contributed by atoms with van der Waals surface area (Å²) >= 11 is 0. The topological polar surface area (TPSA) is 13.0 Å². The molecule has 0 aromatic rings. The molecule has 0 aliphatic heterocycles. The summed E-state index contributed by atoms with van der Waals surface area (Å²) in [5.74, 6) is 0. The third-order valence-corrected chi connectivity index (χ3v) is 2.59. The monoisotopic (exact) mass is 293 g/mol. The first-order valence-corrected chi connectivity index (χ1v) is 6.08. The largest absolute Gasteiger partial charge is 2.00 e. The van der Waals surface area contributed by atoms with Crippen LogP contribution in [-0.2, 0) is 17.1 Å². The van der Waals surface area contributed by atoms with E-state index in [1.54, 1.807) is 0 Å². The fourth-order valence-electron chi connectivity index (χ4n) is 1.36. The molecule has 0 aromatic heterocycles. The Hall–Kier alpha value is 0.359. The first-order valence-electron chi connectivity index (χ1n) is 6.08. The molecule has 5 heteroatoms. The fraction of sp³-hybridized carbons (Fsp3) is 1.00. The average molecular weight is 294 g/mol. The van der Waals surface area contributed by atoms with Gasteiger partial charge in [0.15, 0.2) is 0 Å². The number of hydrogen-bond acceptors (Lipinski definition) is 4. The van der Waals surface area contributed by atoms with Gasteiger partial charge in [-0.1, -0.05) is 0 Å². The number of nitrogens with zero attached hydrogens (tertiary/aromatic N) is 4. The van der Waals surface area contributed by atoms with Crippen LogP contribution in [0.3, 0.4) is 0 Å². The van der Waals surface area contributed by atoms with Crippen molar-refractivity contribution >= 4 is 0 Å². The Bertz CT molecular complexity index is 134. The summed E-state index contributed by atoms with van der Waals surface area (Å²) in [6, 6.07) is 0. The summed E-state index contributed by atoms with van der Waals surface area (Å²) in [5.41, 5.74) is 0. The summed E-state index contributed by atoms with van der Waals surface area (Å²) in [4.78, 5) is 9.29. The molecular formula is C12H30CuN4+2. The molecule has 0 amide bonds. The van der Waals surface area contributed by atoms with E-state index in [9.17, 15) is 0 Å². The Labute approximate surface area is 118 Å². The van der Waals surface area contributed by atoms with Gasteiger partial charge < -0.3 is 14.7 Å². The van der Waals surface area contributed by atoms with E-state index in [2.05, 4.69) is 61.9 Å². The Balaban J connectivity index is 0. The van der Waals surface area contributed by atoms with Crippen LogP contribution in [0.5, 0.6) is 0 Å². The summed E-state index contributed by atoms with van der Waals surface area (Å²) < 4.78 is 0. The maximum atomic E-state index is 2.54. The van der Waals surface area contributed by atoms with Gasteiger partial charge in [0.05, 0.1) is 0 Å². The van der Waals surface area contributed by atoms with Crippen LogP contribution in [0.4, 0.5) is 0 Å². The van der Waals surface area contributed by atoms with Crippen molar-refractivity contribution in [1.29, 1.82) is 0 Å². The van der Waals surface area contributed by atoms with E-state index in [0.29, 0.717) is 0 Å². The van der Waals surface area contributed by atoms with E-state index < -0.39 is 0 Å². The van der Waals surface area contributed by atoms with Crippen LogP contribution in [0.15, 0.2) is 0 Å². The predicted molar refractivity (Wildman–Crippen MR) is 72.1 cm³/mol. The van der Waals surface area contributed by atoms with E-state index >= 15 is 0 Å². The van der Waals surface area contributed by atoms with Gasteiger partial charge in [-0.2, -0.15) is 0 Å². The zero-order valence-corrected chi connectivity index (χ0v) is 13.3. The van der Waals surface area contributed by atoms with E-state index in [1.807, 2.05) is 0 Å². The third-order valence-electron chi connectivity index (χ3n) is 2.59. The molecule has 0 rings (SSSR count). The molecule has 17 heavy (non-hydrogen) atoms. The van der Waals surface area contributed by atoms with Crippen LogP contribution < -0.4 is 0 Å². The van der Waals surface area contributed by atoms with Crippen molar-refractivity contribution in [3.05, 3.63) is 0 Å². The van der Waals surface area contributed by atoms with E-state index in [1.165, 1.54) is 0 Å². The second kappa shape index (κ2) is 11.4. The van der Waals surface area contributed by atoms with Crippen LogP contribution in [0, 0.1) is 0 Å². The molecule has 0 bridgehead atoms. The van der Waals surface area contributed by atoms with Crippen LogP contribution in [0.25, 0.3) is 0 Å². The number of hydrogen-bond donors (Lipinski definition) is 0. The molecule has 0 saturated heterocycles. The minimum absolute atomic E-state index is 0. The van der Waals surface area contributed by atoms with Gasteiger partial charge in [-0.3, -0.25) is 4.90 Å². The minimum Gasteiger partial charge on any atom is -0.308 e. The minimum atomic E-state index is 0. The molecule has 0 atom stereocenters. The van der Waals surface area contributed by atoms with Crippen molar-refractivity contribution in [2.75, 3.05) is 81.6 Å². The molecule has 0 aliphatic carbocycles. The van der Waals surface area contributed by atoms with Crippen molar-refractivity contribution in [2.45, 2.75) is 0 Å². The van der Waals surface area contributed by atoms with E-state index in [-0.39, 0.29) is 17.1 Å². The smallest absolute Gasteiger partial charge is 0.308 e. The van der Waals surface area contributed by atoms with E-state index in [4.69, 9.17) is 0 Å². The Morgan fingerprint density at radius 1 is 0.471 bits per heavy atom. The summed E-state index contributed by atoms with van der Waals surface area (Å²) in [6.07, 6.45) is 0. The molecule has 0 aromatic carbocycles. The molecule has 0 spiro atoms. The zero-order valence-electron chi connectivity index (χ0n) is 12.3. The molecule has 107 valence electrons. The maximum absolute atomic E-state index is 2.54. The first-order chi connectivity index (χ1) is 7.41. The molecule has 0 N–H and O–H groups in total. The van der Waals surface area contributed by atoms with Gasteiger partial charge in [-0.25, -0.2) is 0 Å². The van der Waals surface area contributed by atoms with Gasteiger partial charge in [0, 0.05) is 39.3 Å². The number of rotatable bonds is 9. The molecular weight excluding hydrogens is 264 g/mol. The van der Waals surface area contributed by atoms with Crippen LogP contribution in [0.2, 0.25) is 0 Å². The Morgan fingerprint density at radius 3 is 0.882 bits per heavy atom. The normalized spacial score (nSPS) is 11.6. The second-order valence-electron chi connectivity index (χ2n) is 5.25. The van der Waals surface area contributed by atoms with Crippen LogP contribution >= 0.6 is 0 Å². The van der Waals surface area contributed by atoms with Crippen LogP contribution in [-0.4, -0.2) is 101 Å². The van der Waals surface area contributed by atoms with Crippen LogP contribution in [0.1, 0.15) is 0 Å². The van der Waals surface area contributed by atoms with Gasteiger partial charge in [-0.15, -0.1) is 0 Å². The zero-order chi connectivity index (χ0) is 12.6. The second-order valence-corrected chi connectivity index (χ2v) is 5.25. The van der Waals surface area contributed by atoms with Crippen molar-refractivity contribution in [3.63, 3.8) is 0 Å². The molecule has 4 nitrogen and oxygen atoms in total. The van der Waals surface area contributed by atoms with Gasteiger partial charge in [-0.05, 0) is 42.3 Å². The molecule has 1 radical (unpaired) electrons. The molecule has 0 saturated carbocycles. The molecule has 0 fully saturated rings. The van der Waals surface area contributed by atoms with E-state index in [0.717, 1.165) is 39.3 Å². The van der Waals surface area contributed by atoms with Crippen molar-refractivity contribution in [2.24, 2.45) is 0 Å². The quantitative estimate of drug-likeness (QED) is 0.554. The summed E-state index contributed by atoms with van der Waals surface area (Å²) in [7, 11) is 12.8. The maximum Gasteiger partial charge on any atom is 2.00 e. The Morgan fingerprint density at radius 2 is 0.706 bits per heavy atom.